The standard InChI is InChI=1S/C13H18N2/c1-2-4-12-10-15-8-7-14-6-5-13(15)9-11(12)3-1/h1-3,9,12,14H,4-8,10H2. The number of nitrogens with zero attached hydrogens (tertiary/aromatic N) is 1. The summed E-state index contributed by atoms with van der Waals surface area (Å²) in [4.78, 5) is 2.57. The van der Waals surface area contributed by atoms with Crippen LogP contribution in [0.3, 0.4) is 0 Å². The molecule has 80 valence electrons. The third-order valence-corrected chi connectivity index (χ3v) is 3.61. The smallest absolute Gasteiger partial charge is 0.0300 e. The van der Waals surface area contributed by atoms with Crippen molar-refractivity contribution in [2.75, 3.05) is 26.2 Å². The molecule has 0 aromatic rings. The summed E-state index contributed by atoms with van der Waals surface area (Å²) in [6.45, 7) is 4.68. The first-order chi connectivity index (χ1) is 7.43. The molecular formula is C13H18N2. The van der Waals surface area contributed by atoms with E-state index in [9.17, 15) is 0 Å². The van der Waals surface area contributed by atoms with Gasteiger partial charge in [-0.25, -0.2) is 0 Å². The normalized spacial score (nSPS) is 29.9. The lowest BCUT2D eigenvalue weighted by molar-refractivity contribution is 0.297. The molecule has 1 unspecified atom stereocenters. The first-order valence-corrected chi connectivity index (χ1v) is 5.96. The summed E-state index contributed by atoms with van der Waals surface area (Å²) in [6.07, 6.45) is 11.6. The van der Waals surface area contributed by atoms with E-state index < -0.39 is 0 Å². The van der Waals surface area contributed by atoms with E-state index in [1.54, 1.807) is 5.57 Å². The Bertz CT molecular complexity index is 338. The van der Waals surface area contributed by atoms with Crippen molar-refractivity contribution >= 4 is 0 Å². The van der Waals surface area contributed by atoms with E-state index in [-0.39, 0.29) is 0 Å². The van der Waals surface area contributed by atoms with Crippen LogP contribution in [0.5, 0.6) is 0 Å². The van der Waals surface area contributed by atoms with Crippen LogP contribution in [-0.4, -0.2) is 31.1 Å². The molecule has 0 spiro atoms. The molecule has 0 amide bonds. The Morgan fingerprint density at radius 2 is 2.33 bits per heavy atom. The molecule has 2 heteroatoms. The fraction of sp³-hybridized carbons (Fsp3) is 0.538. The number of allylic oxidation sites excluding steroid dienone is 4. The van der Waals surface area contributed by atoms with E-state index in [0.29, 0.717) is 0 Å². The van der Waals surface area contributed by atoms with Gasteiger partial charge in [0.15, 0.2) is 0 Å². The lowest BCUT2D eigenvalue weighted by atomic mass is 9.87. The van der Waals surface area contributed by atoms with Crippen LogP contribution >= 0.6 is 0 Å². The van der Waals surface area contributed by atoms with Crippen molar-refractivity contribution in [2.24, 2.45) is 5.92 Å². The third-order valence-electron chi connectivity index (χ3n) is 3.61. The molecule has 0 aromatic heterocycles. The van der Waals surface area contributed by atoms with Gasteiger partial charge in [-0.15, -0.1) is 0 Å². The maximum atomic E-state index is 3.47. The molecule has 2 heterocycles. The molecule has 2 nitrogen and oxygen atoms in total. The molecule has 1 atom stereocenters. The van der Waals surface area contributed by atoms with Crippen molar-refractivity contribution < 1.29 is 0 Å². The predicted molar refractivity (Wildman–Crippen MR) is 62.5 cm³/mol. The van der Waals surface area contributed by atoms with Gasteiger partial charge in [0.2, 0.25) is 0 Å². The monoisotopic (exact) mass is 202 g/mol. The topological polar surface area (TPSA) is 15.3 Å². The highest BCUT2D eigenvalue weighted by Gasteiger charge is 2.25. The minimum absolute atomic E-state index is 0.747. The van der Waals surface area contributed by atoms with E-state index in [2.05, 4.69) is 34.5 Å². The summed E-state index contributed by atoms with van der Waals surface area (Å²) in [6, 6.07) is 0. The molecule has 0 radical (unpaired) electrons. The van der Waals surface area contributed by atoms with Crippen LogP contribution in [0.4, 0.5) is 0 Å². The number of hydrogen-bond acceptors (Lipinski definition) is 2. The number of rotatable bonds is 0. The lowest BCUT2D eigenvalue weighted by Crippen LogP contribution is -2.35. The van der Waals surface area contributed by atoms with Crippen molar-refractivity contribution in [2.45, 2.75) is 12.8 Å². The van der Waals surface area contributed by atoms with Crippen molar-refractivity contribution in [1.82, 2.24) is 10.2 Å². The number of hydrogen-bond donors (Lipinski definition) is 1. The van der Waals surface area contributed by atoms with Crippen molar-refractivity contribution in [3.8, 4) is 0 Å². The maximum absolute atomic E-state index is 3.47. The molecule has 3 aliphatic rings. The predicted octanol–water partition coefficient (Wildman–Crippen LogP) is 1.68. The van der Waals surface area contributed by atoms with Crippen LogP contribution in [0.2, 0.25) is 0 Å². The van der Waals surface area contributed by atoms with Crippen LogP contribution in [0.1, 0.15) is 12.8 Å². The second-order valence-electron chi connectivity index (χ2n) is 4.61. The summed E-state index contributed by atoms with van der Waals surface area (Å²) in [5.41, 5.74) is 3.09. The second-order valence-corrected chi connectivity index (χ2v) is 4.61. The van der Waals surface area contributed by atoms with Gasteiger partial charge in [-0.3, -0.25) is 0 Å². The van der Waals surface area contributed by atoms with Gasteiger partial charge in [0, 0.05) is 37.8 Å². The first kappa shape index (κ1) is 9.22. The Kier molecular flexibility index (Phi) is 2.37. The summed E-state index contributed by atoms with van der Waals surface area (Å²) >= 11 is 0. The van der Waals surface area contributed by atoms with Crippen LogP contribution in [0.25, 0.3) is 0 Å². The average Bonchev–Trinajstić information content (AvgIpc) is 2.50. The summed E-state index contributed by atoms with van der Waals surface area (Å²) in [5.74, 6) is 0.747. The van der Waals surface area contributed by atoms with E-state index in [1.165, 1.54) is 31.6 Å². The zero-order chi connectivity index (χ0) is 10.1. The van der Waals surface area contributed by atoms with Gasteiger partial charge in [0.25, 0.3) is 0 Å². The van der Waals surface area contributed by atoms with E-state index >= 15 is 0 Å². The molecular weight excluding hydrogens is 184 g/mol. The Labute approximate surface area is 91.3 Å². The molecule has 2 aliphatic heterocycles. The minimum atomic E-state index is 0.747. The Balaban J connectivity index is 1.89. The Morgan fingerprint density at radius 3 is 3.33 bits per heavy atom. The second kappa shape index (κ2) is 3.86. The van der Waals surface area contributed by atoms with Gasteiger partial charge < -0.3 is 10.2 Å². The quantitative estimate of drug-likeness (QED) is 0.643. The van der Waals surface area contributed by atoms with Gasteiger partial charge in [-0.1, -0.05) is 18.2 Å². The number of nitrogens with one attached hydrogen (secondary N) is 1. The molecule has 1 aliphatic carbocycles. The van der Waals surface area contributed by atoms with Gasteiger partial charge >= 0.3 is 0 Å². The van der Waals surface area contributed by atoms with Crippen LogP contribution in [-0.2, 0) is 0 Å². The first-order valence-electron chi connectivity index (χ1n) is 5.96. The molecule has 0 bridgehead atoms. The van der Waals surface area contributed by atoms with E-state index in [4.69, 9.17) is 0 Å². The highest BCUT2D eigenvalue weighted by molar-refractivity contribution is 5.35. The largest absolute Gasteiger partial charge is 0.373 e. The van der Waals surface area contributed by atoms with Gasteiger partial charge in [-0.2, -0.15) is 0 Å². The maximum Gasteiger partial charge on any atom is 0.0300 e. The highest BCUT2D eigenvalue weighted by atomic mass is 15.2. The molecule has 1 N–H and O–H groups in total. The van der Waals surface area contributed by atoms with Gasteiger partial charge in [0.05, 0.1) is 0 Å². The molecule has 15 heavy (non-hydrogen) atoms. The zero-order valence-electron chi connectivity index (χ0n) is 9.08. The molecule has 1 saturated heterocycles. The SMILES string of the molecule is C1=CCC2CN3CCNCCC3=CC2=C1. The Morgan fingerprint density at radius 1 is 1.33 bits per heavy atom. The fourth-order valence-electron chi connectivity index (χ4n) is 2.73. The van der Waals surface area contributed by atoms with E-state index in [1.807, 2.05) is 0 Å². The molecule has 1 fully saturated rings. The van der Waals surface area contributed by atoms with Crippen LogP contribution in [0, 0.1) is 5.92 Å². The molecule has 0 aromatic carbocycles. The summed E-state index contributed by atoms with van der Waals surface area (Å²) in [5, 5.41) is 3.47. The fourth-order valence-corrected chi connectivity index (χ4v) is 2.73. The lowest BCUT2D eigenvalue weighted by Gasteiger charge is -2.35. The molecule has 3 rings (SSSR count). The van der Waals surface area contributed by atoms with Crippen LogP contribution < -0.4 is 5.32 Å². The van der Waals surface area contributed by atoms with Crippen molar-refractivity contribution in [1.29, 1.82) is 0 Å². The Hall–Kier alpha value is -1.02. The highest BCUT2D eigenvalue weighted by Crippen LogP contribution is 2.31. The summed E-state index contributed by atoms with van der Waals surface area (Å²) < 4.78 is 0. The molecule has 0 saturated carbocycles. The van der Waals surface area contributed by atoms with Gasteiger partial charge in [-0.05, 0) is 24.5 Å². The van der Waals surface area contributed by atoms with Crippen molar-refractivity contribution in [3.63, 3.8) is 0 Å². The van der Waals surface area contributed by atoms with Crippen LogP contribution in [0.15, 0.2) is 35.6 Å². The average molecular weight is 202 g/mol. The van der Waals surface area contributed by atoms with Crippen molar-refractivity contribution in [3.05, 3.63) is 35.6 Å². The minimum Gasteiger partial charge on any atom is -0.373 e. The number of fused-ring (bicyclic) bond motifs is 2. The van der Waals surface area contributed by atoms with Gasteiger partial charge in [0.1, 0.15) is 0 Å². The zero-order valence-corrected chi connectivity index (χ0v) is 9.08. The third kappa shape index (κ3) is 1.74. The summed E-state index contributed by atoms with van der Waals surface area (Å²) in [7, 11) is 0. The van der Waals surface area contributed by atoms with E-state index in [0.717, 1.165) is 19.0 Å².